The summed E-state index contributed by atoms with van der Waals surface area (Å²) in [6.07, 6.45) is -0.0918. The third kappa shape index (κ3) is 2.70. The normalized spacial score (nSPS) is 18.5. The van der Waals surface area contributed by atoms with Crippen LogP contribution in [0.3, 0.4) is 0 Å². The van der Waals surface area contributed by atoms with Crippen molar-refractivity contribution in [1.29, 1.82) is 0 Å². The molecule has 1 aliphatic heterocycles. The highest BCUT2D eigenvalue weighted by Crippen LogP contribution is 2.27. The van der Waals surface area contributed by atoms with Gasteiger partial charge in [0.05, 0.1) is 6.61 Å². The molecule has 1 aromatic carbocycles. The second-order valence-corrected chi connectivity index (χ2v) is 5.60. The van der Waals surface area contributed by atoms with Crippen LogP contribution in [0.15, 0.2) is 36.4 Å². The van der Waals surface area contributed by atoms with Gasteiger partial charge < -0.3 is 14.7 Å². The number of morpholine rings is 1. The third-order valence-electron chi connectivity index (χ3n) is 3.93. The number of hydrogen-bond acceptors (Lipinski definition) is 6. The first kappa shape index (κ1) is 14.0. The van der Waals surface area contributed by atoms with Crippen molar-refractivity contribution < 1.29 is 9.84 Å². The number of aromatic hydroxyl groups is 1. The Morgan fingerprint density at radius 2 is 2.13 bits per heavy atom. The number of phenolic OH excluding ortho intramolecular Hbond substituents is 1. The van der Waals surface area contributed by atoms with Crippen molar-refractivity contribution in [3.8, 4) is 5.75 Å². The fraction of sp³-hybridized carbons (Fsp3) is 0.312. The molecule has 23 heavy (non-hydrogen) atoms. The molecule has 4 rings (SSSR count). The van der Waals surface area contributed by atoms with Crippen molar-refractivity contribution in [3.63, 3.8) is 0 Å². The zero-order valence-corrected chi connectivity index (χ0v) is 12.8. The highest BCUT2D eigenvalue weighted by molar-refractivity contribution is 5.46. The molecule has 0 unspecified atom stereocenters. The van der Waals surface area contributed by atoms with E-state index in [-0.39, 0.29) is 11.9 Å². The number of benzene rings is 1. The average molecular weight is 311 g/mol. The molecule has 0 radical (unpaired) electrons. The molecule has 0 amide bonds. The summed E-state index contributed by atoms with van der Waals surface area (Å²) in [6.45, 7) is 3.90. The summed E-state index contributed by atoms with van der Waals surface area (Å²) < 4.78 is 7.41. The van der Waals surface area contributed by atoms with Crippen LogP contribution in [0.25, 0.3) is 5.65 Å². The Morgan fingerprint density at radius 3 is 3.00 bits per heavy atom. The summed E-state index contributed by atoms with van der Waals surface area (Å²) in [6, 6.07) is 11.1. The molecule has 0 saturated carbocycles. The van der Waals surface area contributed by atoms with E-state index in [1.165, 1.54) is 0 Å². The quantitative estimate of drug-likeness (QED) is 0.776. The van der Waals surface area contributed by atoms with E-state index in [1.54, 1.807) is 16.8 Å². The van der Waals surface area contributed by atoms with Gasteiger partial charge in [0.25, 0.3) is 0 Å². The maximum Gasteiger partial charge on any atom is 0.176 e. The monoisotopic (exact) mass is 311 g/mol. The van der Waals surface area contributed by atoms with Crippen molar-refractivity contribution >= 4 is 11.5 Å². The second-order valence-electron chi connectivity index (χ2n) is 5.60. The number of aromatic nitrogens is 4. The number of ether oxygens (including phenoxy) is 1. The van der Waals surface area contributed by atoms with E-state index in [9.17, 15) is 5.11 Å². The minimum atomic E-state index is -0.0918. The molecule has 118 valence electrons. The van der Waals surface area contributed by atoms with Gasteiger partial charge in [-0.1, -0.05) is 12.1 Å². The molecule has 1 fully saturated rings. The SMILES string of the molecule is Cc1nc2ccc(N3CCO[C@H](c4cccc(O)c4)C3)nn2n1. The smallest absolute Gasteiger partial charge is 0.176 e. The first-order chi connectivity index (χ1) is 11.2. The number of hydrogen-bond donors (Lipinski definition) is 1. The molecule has 1 atom stereocenters. The summed E-state index contributed by atoms with van der Waals surface area (Å²) in [7, 11) is 0. The Morgan fingerprint density at radius 1 is 1.22 bits per heavy atom. The van der Waals surface area contributed by atoms with Gasteiger partial charge in [-0.2, -0.15) is 0 Å². The Balaban J connectivity index is 1.60. The molecule has 3 heterocycles. The molecular weight excluding hydrogens is 294 g/mol. The van der Waals surface area contributed by atoms with Crippen LogP contribution < -0.4 is 4.90 Å². The molecule has 1 aliphatic rings. The lowest BCUT2D eigenvalue weighted by Crippen LogP contribution is -2.39. The fourth-order valence-corrected chi connectivity index (χ4v) is 2.83. The van der Waals surface area contributed by atoms with E-state index in [0.29, 0.717) is 19.0 Å². The minimum Gasteiger partial charge on any atom is -0.508 e. The van der Waals surface area contributed by atoms with Crippen LogP contribution in [-0.4, -0.2) is 44.6 Å². The van der Waals surface area contributed by atoms with E-state index in [0.717, 1.165) is 23.6 Å². The lowest BCUT2D eigenvalue weighted by atomic mass is 10.1. The number of aryl methyl sites for hydroxylation is 1. The van der Waals surface area contributed by atoms with Gasteiger partial charge in [0.1, 0.15) is 17.7 Å². The summed E-state index contributed by atoms with van der Waals surface area (Å²) in [4.78, 5) is 6.45. The van der Waals surface area contributed by atoms with E-state index >= 15 is 0 Å². The van der Waals surface area contributed by atoms with Crippen LogP contribution in [0.2, 0.25) is 0 Å². The zero-order chi connectivity index (χ0) is 15.8. The third-order valence-corrected chi connectivity index (χ3v) is 3.93. The van der Waals surface area contributed by atoms with Crippen molar-refractivity contribution in [2.45, 2.75) is 13.0 Å². The Hall–Kier alpha value is -2.67. The van der Waals surface area contributed by atoms with Gasteiger partial charge in [0.2, 0.25) is 0 Å². The van der Waals surface area contributed by atoms with Gasteiger partial charge in [-0.25, -0.2) is 4.98 Å². The largest absolute Gasteiger partial charge is 0.508 e. The summed E-state index contributed by atoms with van der Waals surface area (Å²) in [5.74, 6) is 1.80. The Bertz CT molecular complexity index is 847. The molecule has 7 nitrogen and oxygen atoms in total. The minimum absolute atomic E-state index is 0.0918. The second kappa shape index (κ2) is 5.51. The highest BCUT2D eigenvalue weighted by atomic mass is 16.5. The molecule has 1 N–H and O–H groups in total. The summed E-state index contributed by atoms with van der Waals surface area (Å²) in [5, 5.41) is 18.4. The van der Waals surface area contributed by atoms with E-state index < -0.39 is 0 Å². The molecule has 1 saturated heterocycles. The maximum atomic E-state index is 9.65. The van der Waals surface area contributed by atoms with Crippen molar-refractivity contribution in [1.82, 2.24) is 19.8 Å². The van der Waals surface area contributed by atoms with Crippen LogP contribution in [0, 0.1) is 6.92 Å². The summed E-state index contributed by atoms with van der Waals surface area (Å²) in [5.41, 5.74) is 1.71. The first-order valence-electron chi connectivity index (χ1n) is 7.55. The van der Waals surface area contributed by atoms with Gasteiger partial charge in [0, 0.05) is 13.1 Å². The number of anilines is 1. The Labute approximate surface area is 133 Å². The van der Waals surface area contributed by atoms with Crippen molar-refractivity contribution in [3.05, 3.63) is 47.8 Å². The molecule has 0 bridgehead atoms. The van der Waals surface area contributed by atoms with Crippen LogP contribution in [0.4, 0.5) is 5.82 Å². The molecular formula is C16H17N5O2. The van der Waals surface area contributed by atoms with Crippen molar-refractivity contribution in [2.24, 2.45) is 0 Å². The van der Waals surface area contributed by atoms with Crippen LogP contribution >= 0.6 is 0 Å². The zero-order valence-electron chi connectivity index (χ0n) is 12.8. The van der Waals surface area contributed by atoms with E-state index in [1.807, 2.05) is 31.2 Å². The van der Waals surface area contributed by atoms with Gasteiger partial charge >= 0.3 is 0 Å². The molecule has 2 aromatic heterocycles. The topological polar surface area (TPSA) is 75.8 Å². The predicted octanol–water partition coefficient (Wildman–Crippen LogP) is 1.72. The van der Waals surface area contributed by atoms with Gasteiger partial charge in [-0.15, -0.1) is 14.8 Å². The highest BCUT2D eigenvalue weighted by Gasteiger charge is 2.23. The van der Waals surface area contributed by atoms with Crippen LogP contribution in [0.5, 0.6) is 5.75 Å². The fourth-order valence-electron chi connectivity index (χ4n) is 2.83. The maximum absolute atomic E-state index is 9.65. The van der Waals surface area contributed by atoms with E-state index in [2.05, 4.69) is 20.1 Å². The van der Waals surface area contributed by atoms with E-state index in [4.69, 9.17) is 4.74 Å². The number of nitrogens with zero attached hydrogens (tertiary/aromatic N) is 5. The number of phenols is 1. The average Bonchev–Trinajstić information content (AvgIpc) is 2.94. The molecule has 0 spiro atoms. The first-order valence-corrected chi connectivity index (χ1v) is 7.55. The predicted molar refractivity (Wildman–Crippen MR) is 84.5 cm³/mol. The van der Waals surface area contributed by atoms with Crippen LogP contribution in [-0.2, 0) is 4.74 Å². The Kier molecular flexibility index (Phi) is 3.34. The number of rotatable bonds is 2. The molecule has 3 aromatic rings. The van der Waals surface area contributed by atoms with Crippen LogP contribution in [0.1, 0.15) is 17.5 Å². The van der Waals surface area contributed by atoms with Gasteiger partial charge in [-0.05, 0) is 36.8 Å². The van der Waals surface area contributed by atoms with Gasteiger partial charge in [-0.3, -0.25) is 0 Å². The molecule has 0 aliphatic carbocycles. The summed E-state index contributed by atoms with van der Waals surface area (Å²) >= 11 is 0. The lowest BCUT2D eigenvalue weighted by molar-refractivity contribution is 0.0393. The molecule has 7 heteroatoms. The van der Waals surface area contributed by atoms with Gasteiger partial charge in [0.15, 0.2) is 11.5 Å². The lowest BCUT2D eigenvalue weighted by Gasteiger charge is -2.33. The number of fused-ring (bicyclic) bond motifs is 1. The standard InChI is InChI=1S/C16H17N5O2/c1-11-17-15-5-6-16(19-21(15)18-11)20-7-8-23-14(10-20)12-3-2-4-13(22)9-12/h2-6,9,14,22H,7-8,10H2,1H3/t14-/m0/s1. The van der Waals surface area contributed by atoms with Crippen molar-refractivity contribution in [2.75, 3.05) is 24.6 Å².